The molecule has 6 N–H and O–H groups in total. The third kappa shape index (κ3) is 6.68. The molecule has 1 aliphatic rings. The number of benzene rings is 1. The number of anilines is 1. The number of tetrazole rings is 1. The van der Waals surface area contributed by atoms with Gasteiger partial charge in [0.2, 0.25) is 20.0 Å². The largest absolute Gasteiger partial charge is 0.384 e. The maximum Gasteiger partial charge on any atom is 0.242 e. The van der Waals surface area contributed by atoms with Crippen molar-refractivity contribution >= 4 is 25.7 Å². The number of H-pyrrole nitrogens is 1. The SMILES string of the molecule is C[N+](C)(C)CCCCNc1ccc(S(=O)(=O)N[C@@H]2CCNC2)c(S(N)(=O)=O)c1-c1nnn[nH]1. The second-order valence-electron chi connectivity index (χ2n) is 9.07. The summed E-state index contributed by atoms with van der Waals surface area (Å²) in [7, 11) is -2.35. The number of nitrogens with zero attached hydrogens (tertiary/aromatic N) is 4. The van der Waals surface area contributed by atoms with E-state index in [0.29, 0.717) is 31.7 Å². The number of quaternary nitrogens is 1. The number of hydrogen-bond acceptors (Lipinski definition) is 9. The molecule has 33 heavy (non-hydrogen) atoms. The first kappa shape index (κ1) is 25.5. The minimum atomic E-state index is -4.48. The van der Waals surface area contributed by atoms with E-state index in [1.165, 1.54) is 12.1 Å². The zero-order chi connectivity index (χ0) is 24.3. The quantitative estimate of drug-likeness (QED) is 0.191. The molecule has 1 saturated heterocycles. The fourth-order valence-corrected chi connectivity index (χ4v) is 6.55. The van der Waals surface area contributed by atoms with E-state index in [0.717, 1.165) is 23.9 Å². The topological polar surface area (TPSA) is 185 Å². The van der Waals surface area contributed by atoms with Gasteiger partial charge in [0, 0.05) is 24.8 Å². The lowest BCUT2D eigenvalue weighted by atomic mass is 10.1. The van der Waals surface area contributed by atoms with Gasteiger partial charge in [-0.1, -0.05) is 0 Å². The molecule has 1 fully saturated rings. The molecule has 0 radical (unpaired) electrons. The van der Waals surface area contributed by atoms with Crippen molar-refractivity contribution in [2.75, 3.05) is 52.6 Å². The molecule has 15 heteroatoms. The number of aromatic amines is 1. The number of rotatable bonds is 11. The predicted octanol–water partition coefficient (Wildman–Crippen LogP) is -0.947. The van der Waals surface area contributed by atoms with Crippen LogP contribution in [0.15, 0.2) is 21.9 Å². The summed E-state index contributed by atoms with van der Waals surface area (Å²) in [5, 5.41) is 25.1. The van der Waals surface area contributed by atoms with E-state index in [2.05, 4.69) is 57.1 Å². The standard InChI is InChI=1S/C18H32N9O4S2/c1-27(2,3)11-5-4-9-21-14-6-7-15(33(30,31)24-13-8-10-20-12-13)17(32(19,28)29)16(14)18-22-25-26-23-18/h6-7,13,20-21,24H,4-5,8-12H2,1-3H3,(H2,19,28,29)(H,22,23,25,26)/q+1/t13-/m1/s1. The Morgan fingerprint density at radius 3 is 2.52 bits per heavy atom. The maximum atomic E-state index is 13.1. The maximum absolute atomic E-state index is 13.1. The number of sulfonamides is 2. The van der Waals surface area contributed by atoms with Crippen LogP contribution < -0.4 is 20.5 Å². The molecular formula is C18H32N9O4S2+. The third-order valence-corrected chi connectivity index (χ3v) is 7.92. The van der Waals surface area contributed by atoms with Gasteiger partial charge in [0.25, 0.3) is 0 Å². The Kier molecular flexibility index (Phi) is 7.70. The molecule has 0 spiro atoms. The highest BCUT2D eigenvalue weighted by atomic mass is 32.2. The van der Waals surface area contributed by atoms with Crippen molar-refractivity contribution in [2.24, 2.45) is 5.14 Å². The molecule has 2 aromatic rings. The Hall–Kier alpha value is -2.17. The van der Waals surface area contributed by atoms with Gasteiger partial charge in [0.15, 0.2) is 5.82 Å². The van der Waals surface area contributed by atoms with E-state index in [4.69, 9.17) is 5.14 Å². The van der Waals surface area contributed by atoms with E-state index in [-0.39, 0.29) is 17.4 Å². The summed E-state index contributed by atoms with van der Waals surface area (Å²) in [5.41, 5.74) is 0.353. The smallest absolute Gasteiger partial charge is 0.242 e. The predicted molar refractivity (Wildman–Crippen MR) is 123 cm³/mol. The Balaban J connectivity index is 2.00. The molecule has 0 bridgehead atoms. The van der Waals surface area contributed by atoms with Crippen molar-refractivity contribution in [3.05, 3.63) is 12.1 Å². The number of unbranched alkanes of at least 4 members (excludes halogenated alkanes) is 1. The first-order valence-corrected chi connectivity index (χ1v) is 13.6. The van der Waals surface area contributed by atoms with Gasteiger partial charge in [0.1, 0.15) is 9.79 Å². The minimum Gasteiger partial charge on any atom is -0.384 e. The van der Waals surface area contributed by atoms with Crippen LogP contribution in [0.4, 0.5) is 5.69 Å². The second kappa shape index (κ2) is 9.99. The molecular weight excluding hydrogens is 470 g/mol. The average molecular weight is 503 g/mol. The number of aromatic nitrogens is 4. The van der Waals surface area contributed by atoms with E-state index in [1.54, 1.807) is 0 Å². The van der Waals surface area contributed by atoms with Crippen LogP contribution in [0.5, 0.6) is 0 Å². The van der Waals surface area contributed by atoms with Crippen molar-refractivity contribution in [2.45, 2.75) is 35.1 Å². The molecule has 1 aliphatic heterocycles. The Morgan fingerprint density at radius 2 is 1.94 bits per heavy atom. The Labute approximate surface area is 194 Å². The van der Waals surface area contributed by atoms with E-state index >= 15 is 0 Å². The zero-order valence-electron chi connectivity index (χ0n) is 19.0. The fourth-order valence-electron chi connectivity index (χ4n) is 3.68. The molecule has 0 amide bonds. The van der Waals surface area contributed by atoms with Crippen LogP contribution in [-0.2, 0) is 20.0 Å². The van der Waals surface area contributed by atoms with Gasteiger partial charge < -0.3 is 15.1 Å². The number of nitrogens with two attached hydrogens (primary N) is 1. The van der Waals surface area contributed by atoms with Crippen molar-refractivity contribution in [1.82, 2.24) is 30.7 Å². The molecule has 3 rings (SSSR count). The minimum absolute atomic E-state index is 0.00698. The van der Waals surface area contributed by atoms with Crippen LogP contribution in [0, 0.1) is 0 Å². The summed E-state index contributed by atoms with van der Waals surface area (Å²) in [5.74, 6) is -0.00698. The van der Waals surface area contributed by atoms with Gasteiger partial charge in [-0.3, -0.25) is 0 Å². The van der Waals surface area contributed by atoms with Crippen molar-refractivity contribution in [1.29, 1.82) is 0 Å². The van der Waals surface area contributed by atoms with Gasteiger partial charge >= 0.3 is 0 Å². The van der Waals surface area contributed by atoms with Crippen molar-refractivity contribution in [3.63, 3.8) is 0 Å². The first-order valence-electron chi connectivity index (χ1n) is 10.6. The molecule has 13 nitrogen and oxygen atoms in total. The lowest BCUT2D eigenvalue weighted by Crippen LogP contribution is -2.37. The summed E-state index contributed by atoms with van der Waals surface area (Å²) < 4.78 is 55.0. The number of hydrogen-bond donors (Lipinski definition) is 5. The van der Waals surface area contributed by atoms with Crippen LogP contribution in [0.25, 0.3) is 11.4 Å². The normalized spacial score (nSPS) is 17.4. The second-order valence-corrected chi connectivity index (χ2v) is 12.2. The molecule has 1 aromatic heterocycles. The molecule has 0 aliphatic carbocycles. The van der Waals surface area contributed by atoms with Crippen LogP contribution >= 0.6 is 0 Å². The average Bonchev–Trinajstić information content (AvgIpc) is 3.39. The molecule has 0 saturated carbocycles. The molecule has 1 atom stereocenters. The van der Waals surface area contributed by atoms with Crippen molar-refractivity contribution < 1.29 is 21.3 Å². The summed E-state index contributed by atoms with van der Waals surface area (Å²) in [4.78, 5) is -1.00. The lowest BCUT2D eigenvalue weighted by Gasteiger charge is -2.23. The molecule has 1 aromatic carbocycles. The lowest BCUT2D eigenvalue weighted by molar-refractivity contribution is -0.870. The van der Waals surface area contributed by atoms with Gasteiger partial charge in [-0.25, -0.2) is 31.8 Å². The number of nitrogens with one attached hydrogen (secondary N) is 4. The fraction of sp³-hybridized carbons (Fsp3) is 0.611. The molecule has 0 unspecified atom stereocenters. The van der Waals surface area contributed by atoms with Gasteiger partial charge in [-0.2, -0.15) is 0 Å². The molecule has 2 heterocycles. The van der Waals surface area contributed by atoms with Gasteiger partial charge in [-0.15, -0.1) is 5.10 Å². The highest BCUT2D eigenvalue weighted by Crippen LogP contribution is 2.36. The van der Waals surface area contributed by atoms with Crippen LogP contribution in [-0.4, -0.2) is 95.3 Å². The van der Waals surface area contributed by atoms with E-state index < -0.39 is 29.8 Å². The van der Waals surface area contributed by atoms with Crippen LogP contribution in [0.3, 0.4) is 0 Å². The van der Waals surface area contributed by atoms with Crippen LogP contribution in [0.2, 0.25) is 0 Å². The Morgan fingerprint density at radius 1 is 1.18 bits per heavy atom. The highest BCUT2D eigenvalue weighted by molar-refractivity contribution is 7.92. The van der Waals surface area contributed by atoms with E-state index in [9.17, 15) is 16.8 Å². The summed E-state index contributed by atoms with van der Waals surface area (Å²) in [6, 6.07) is 2.40. The van der Waals surface area contributed by atoms with Gasteiger partial charge in [-0.05, 0) is 48.4 Å². The van der Waals surface area contributed by atoms with E-state index in [1.807, 2.05) is 0 Å². The summed E-state index contributed by atoms with van der Waals surface area (Å²) >= 11 is 0. The van der Waals surface area contributed by atoms with Crippen LogP contribution in [0.1, 0.15) is 19.3 Å². The zero-order valence-corrected chi connectivity index (χ0v) is 20.6. The highest BCUT2D eigenvalue weighted by Gasteiger charge is 2.33. The molecule has 184 valence electrons. The third-order valence-electron chi connectivity index (χ3n) is 5.23. The number of primary sulfonamides is 1. The van der Waals surface area contributed by atoms with Gasteiger partial charge in [0.05, 0.1) is 33.3 Å². The first-order chi connectivity index (χ1) is 15.4. The van der Waals surface area contributed by atoms with Crippen molar-refractivity contribution in [3.8, 4) is 11.4 Å². The monoisotopic (exact) mass is 502 g/mol. The summed E-state index contributed by atoms with van der Waals surface area (Å²) in [6.45, 7) is 2.63. The summed E-state index contributed by atoms with van der Waals surface area (Å²) in [6.07, 6.45) is 2.36. The Bertz CT molecular complexity index is 1150.